The largest absolute Gasteiger partial charge is 0.360 e. The third-order valence-corrected chi connectivity index (χ3v) is 5.33. The molecule has 1 saturated carbocycles. The molecule has 2 N–H and O–H groups in total. The van der Waals surface area contributed by atoms with Crippen molar-refractivity contribution in [3.63, 3.8) is 0 Å². The summed E-state index contributed by atoms with van der Waals surface area (Å²) in [4.78, 5) is 20.2. The van der Waals surface area contributed by atoms with Crippen LogP contribution in [0, 0.1) is 5.92 Å². The van der Waals surface area contributed by atoms with E-state index in [9.17, 15) is 4.79 Å². The molecule has 0 saturated heterocycles. The first-order chi connectivity index (χ1) is 11.3. The van der Waals surface area contributed by atoms with Gasteiger partial charge in [0.2, 0.25) is 5.91 Å². The third kappa shape index (κ3) is 2.88. The van der Waals surface area contributed by atoms with E-state index in [1.165, 1.54) is 17.8 Å². The van der Waals surface area contributed by atoms with Gasteiger partial charge in [-0.25, -0.2) is 4.98 Å². The predicted octanol–water partition coefficient (Wildman–Crippen LogP) is 4.81. The topological polar surface area (TPSA) is 57.8 Å². The van der Waals surface area contributed by atoms with Gasteiger partial charge < -0.3 is 10.3 Å². The maximum Gasteiger partial charge on any atom is 0.229 e. The second-order valence-corrected chi connectivity index (χ2v) is 6.97. The van der Waals surface area contributed by atoms with Crippen LogP contribution in [0.4, 0.5) is 5.13 Å². The summed E-state index contributed by atoms with van der Waals surface area (Å²) in [7, 11) is 0. The van der Waals surface area contributed by atoms with Crippen LogP contribution in [-0.2, 0) is 4.79 Å². The standard InChI is InChI=1S/C18H19N3OS/c22-17(12-6-2-1-3-7-12)21-18-20-16(11-23-18)14-10-19-15-9-5-4-8-13(14)15/h4-5,8-12,19H,1-3,6-7H2,(H,20,21,22). The number of aromatic amines is 1. The lowest BCUT2D eigenvalue weighted by Gasteiger charge is -2.19. The first kappa shape index (κ1) is 14.5. The molecule has 0 unspecified atom stereocenters. The number of hydrogen-bond acceptors (Lipinski definition) is 3. The molecule has 0 aliphatic heterocycles. The van der Waals surface area contributed by atoms with Crippen molar-refractivity contribution in [2.75, 3.05) is 5.32 Å². The highest BCUT2D eigenvalue weighted by molar-refractivity contribution is 7.14. The van der Waals surface area contributed by atoms with Gasteiger partial charge >= 0.3 is 0 Å². The number of amides is 1. The van der Waals surface area contributed by atoms with Gasteiger partial charge in [0, 0.05) is 34.0 Å². The van der Waals surface area contributed by atoms with Gasteiger partial charge in [-0.05, 0) is 18.9 Å². The zero-order valence-corrected chi connectivity index (χ0v) is 13.7. The van der Waals surface area contributed by atoms with Crippen LogP contribution < -0.4 is 5.32 Å². The van der Waals surface area contributed by atoms with E-state index in [0.717, 1.165) is 47.8 Å². The summed E-state index contributed by atoms with van der Waals surface area (Å²) in [5, 5.41) is 6.86. The summed E-state index contributed by atoms with van der Waals surface area (Å²) in [6, 6.07) is 8.18. The van der Waals surface area contributed by atoms with E-state index in [0.29, 0.717) is 5.13 Å². The van der Waals surface area contributed by atoms with Crippen LogP contribution in [0.1, 0.15) is 32.1 Å². The normalized spacial score (nSPS) is 15.8. The van der Waals surface area contributed by atoms with E-state index < -0.39 is 0 Å². The van der Waals surface area contributed by atoms with Crippen molar-refractivity contribution in [3.05, 3.63) is 35.8 Å². The molecule has 1 aliphatic rings. The number of nitrogens with zero attached hydrogens (tertiary/aromatic N) is 1. The number of aromatic nitrogens is 2. The molecule has 0 bridgehead atoms. The molecule has 0 spiro atoms. The summed E-state index contributed by atoms with van der Waals surface area (Å²) >= 11 is 1.49. The summed E-state index contributed by atoms with van der Waals surface area (Å²) in [6.07, 6.45) is 7.57. The van der Waals surface area contributed by atoms with E-state index in [2.05, 4.69) is 27.4 Å². The fraction of sp³-hybridized carbons (Fsp3) is 0.333. The number of fused-ring (bicyclic) bond motifs is 1. The number of carbonyl (C=O) groups excluding carboxylic acids is 1. The molecule has 1 fully saturated rings. The summed E-state index contributed by atoms with van der Waals surface area (Å²) in [6.45, 7) is 0. The Kier molecular flexibility index (Phi) is 3.87. The monoisotopic (exact) mass is 325 g/mol. The molecule has 2 aromatic heterocycles. The first-order valence-electron chi connectivity index (χ1n) is 8.14. The highest BCUT2D eigenvalue weighted by Crippen LogP contribution is 2.31. The molecule has 0 atom stereocenters. The van der Waals surface area contributed by atoms with Gasteiger partial charge in [0.1, 0.15) is 0 Å². The molecule has 4 rings (SSSR count). The molecule has 2 heterocycles. The maximum absolute atomic E-state index is 12.3. The number of nitrogens with one attached hydrogen (secondary N) is 2. The Balaban J connectivity index is 1.53. The van der Waals surface area contributed by atoms with E-state index in [4.69, 9.17) is 0 Å². The second-order valence-electron chi connectivity index (χ2n) is 6.11. The van der Waals surface area contributed by atoms with Gasteiger partial charge in [-0.3, -0.25) is 4.79 Å². The Morgan fingerprint density at radius 2 is 2.04 bits per heavy atom. The van der Waals surface area contributed by atoms with Crippen molar-refractivity contribution in [1.29, 1.82) is 0 Å². The molecule has 3 aromatic rings. The van der Waals surface area contributed by atoms with Crippen LogP contribution in [0.2, 0.25) is 0 Å². The minimum atomic E-state index is 0.129. The lowest BCUT2D eigenvalue weighted by Crippen LogP contribution is -2.24. The zero-order chi connectivity index (χ0) is 15.6. The number of para-hydroxylation sites is 1. The number of rotatable bonds is 3. The fourth-order valence-electron chi connectivity index (χ4n) is 3.31. The van der Waals surface area contributed by atoms with E-state index in [-0.39, 0.29) is 11.8 Å². The summed E-state index contributed by atoms with van der Waals surface area (Å²) in [5.74, 6) is 0.286. The smallest absolute Gasteiger partial charge is 0.229 e. The van der Waals surface area contributed by atoms with Gasteiger partial charge in [-0.2, -0.15) is 0 Å². The molecule has 5 heteroatoms. The molecule has 0 radical (unpaired) electrons. The Hall–Kier alpha value is -2.14. The molecule has 1 aliphatic carbocycles. The minimum Gasteiger partial charge on any atom is -0.360 e. The molecule has 1 aromatic carbocycles. The number of anilines is 1. The molecule has 23 heavy (non-hydrogen) atoms. The van der Waals surface area contributed by atoms with Crippen LogP contribution in [0.15, 0.2) is 35.8 Å². The van der Waals surface area contributed by atoms with E-state index in [1.54, 1.807) is 0 Å². The van der Waals surface area contributed by atoms with Crippen molar-refractivity contribution in [2.24, 2.45) is 5.92 Å². The third-order valence-electron chi connectivity index (χ3n) is 4.58. The minimum absolute atomic E-state index is 0.129. The Morgan fingerprint density at radius 1 is 1.22 bits per heavy atom. The number of hydrogen-bond donors (Lipinski definition) is 2. The Labute approximate surface area is 138 Å². The lowest BCUT2D eigenvalue weighted by atomic mass is 9.89. The SMILES string of the molecule is O=C(Nc1nc(-c2c[nH]c3ccccc23)cs1)C1CCCCC1. The van der Waals surface area contributed by atoms with Crippen molar-refractivity contribution in [3.8, 4) is 11.3 Å². The quantitative estimate of drug-likeness (QED) is 0.726. The summed E-state index contributed by atoms with van der Waals surface area (Å²) in [5.41, 5.74) is 3.09. The number of H-pyrrole nitrogens is 1. The average Bonchev–Trinajstić information content (AvgIpc) is 3.22. The Morgan fingerprint density at radius 3 is 2.91 bits per heavy atom. The van der Waals surface area contributed by atoms with Crippen molar-refractivity contribution >= 4 is 33.3 Å². The maximum atomic E-state index is 12.3. The van der Waals surface area contributed by atoms with Crippen LogP contribution in [0.25, 0.3) is 22.2 Å². The zero-order valence-electron chi connectivity index (χ0n) is 12.8. The number of benzene rings is 1. The highest BCUT2D eigenvalue weighted by Gasteiger charge is 2.22. The van der Waals surface area contributed by atoms with E-state index >= 15 is 0 Å². The van der Waals surface area contributed by atoms with Crippen molar-refractivity contribution in [1.82, 2.24) is 9.97 Å². The second kappa shape index (κ2) is 6.16. The first-order valence-corrected chi connectivity index (χ1v) is 9.02. The van der Waals surface area contributed by atoms with Gasteiger partial charge in [0.05, 0.1) is 5.69 Å². The lowest BCUT2D eigenvalue weighted by molar-refractivity contribution is -0.120. The van der Waals surface area contributed by atoms with Gasteiger partial charge in [-0.1, -0.05) is 37.5 Å². The molecule has 118 valence electrons. The van der Waals surface area contributed by atoms with Crippen molar-refractivity contribution < 1.29 is 4.79 Å². The predicted molar refractivity (Wildman–Crippen MR) is 94.6 cm³/mol. The summed E-state index contributed by atoms with van der Waals surface area (Å²) < 4.78 is 0. The van der Waals surface area contributed by atoms with Gasteiger partial charge in [-0.15, -0.1) is 11.3 Å². The van der Waals surface area contributed by atoms with Crippen LogP contribution in [-0.4, -0.2) is 15.9 Å². The fourth-order valence-corrected chi connectivity index (χ4v) is 4.02. The van der Waals surface area contributed by atoms with Crippen LogP contribution in [0.3, 0.4) is 0 Å². The van der Waals surface area contributed by atoms with Crippen molar-refractivity contribution in [2.45, 2.75) is 32.1 Å². The van der Waals surface area contributed by atoms with Crippen LogP contribution >= 0.6 is 11.3 Å². The van der Waals surface area contributed by atoms with E-state index in [1.807, 2.05) is 23.7 Å². The number of thiazole rings is 1. The molecular weight excluding hydrogens is 306 g/mol. The molecular formula is C18H19N3OS. The number of carbonyl (C=O) groups is 1. The van der Waals surface area contributed by atoms with Gasteiger partial charge in [0.25, 0.3) is 0 Å². The van der Waals surface area contributed by atoms with Gasteiger partial charge in [0.15, 0.2) is 5.13 Å². The molecule has 4 nitrogen and oxygen atoms in total. The highest BCUT2D eigenvalue weighted by atomic mass is 32.1. The average molecular weight is 325 g/mol. The van der Waals surface area contributed by atoms with Crippen LogP contribution in [0.5, 0.6) is 0 Å². The Bertz CT molecular complexity index is 830. The molecule has 1 amide bonds.